The lowest BCUT2D eigenvalue weighted by atomic mass is 10.1. The maximum absolute atomic E-state index is 12.6. The van der Waals surface area contributed by atoms with Crippen molar-refractivity contribution in [1.82, 2.24) is 14.9 Å². The van der Waals surface area contributed by atoms with E-state index in [1.165, 1.54) is 9.47 Å². The van der Waals surface area contributed by atoms with Gasteiger partial charge in [-0.1, -0.05) is 18.2 Å². The number of amides is 2. The van der Waals surface area contributed by atoms with Gasteiger partial charge in [-0.3, -0.25) is 14.2 Å². The molecule has 2 amide bonds. The SMILES string of the molecule is Cc1cc(C)n(CCNC(=O)C(=O)N2c3ccccc3C[C@@H]2C)c(=O)n1. The summed E-state index contributed by atoms with van der Waals surface area (Å²) in [5.41, 5.74) is 2.92. The standard InChI is InChI=1S/C19H22N4O3/c1-12-10-13(2)22(19(26)21-12)9-8-20-17(24)18(25)23-14(3)11-15-6-4-5-7-16(15)23/h4-7,10,14H,8-9,11H2,1-3H3,(H,20,24)/t14-/m0/s1. The molecule has 1 N–H and O–H groups in total. The molecule has 1 atom stereocenters. The number of carbonyl (C=O) groups excluding carboxylic acids is 2. The highest BCUT2D eigenvalue weighted by Crippen LogP contribution is 2.31. The van der Waals surface area contributed by atoms with Gasteiger partial charge in [0.25, 0.3) is 0 Å². The molecule has 1 aromatic heterocycles. The molecule has 1 aromatic carbocycles. The van der Waals surface area contributed by atoms with E-state index in [2.05, 4.69) is 10.3 Å². The monoisotopic (exact) mass is 354 g/mol. The molecule has 0 bridgehead atoms. The number of carbonyl (C=O) groups is 2. The highest BCUT2D eigenvalue weighted by molar-refractivity contribution is 6.40. The van der Waals surface area contributed by atoms with E-state index in [4.69, 9.17) is 0 Å². The number of hydrogen-bond acceptors (Lipinski definition) is 4. The zero-order valence-corrected chi connectivity index (χ0v) is 15.2. The third-order valence-electron chi connectivity index (χ3n) is 4.59. The maximum Gasteiger partial charge on any atom is 0.348 e. The number of para-hydroxylation sites is 1. The van der Waals surface area contributed by atoms with Gasteiger partial charge in [-0.15, -0.1) is 0 Å². The quantitative estimate of drug-likeness (QED) is 0.832. The molecule has 136 valence electrons. The Kier molecular flexibility index (Phi) is 4.88. The van der Waals surface area contributed by atoms with Gasteiger partial charge < -0.3 is 10.2 Å². The molecule has 26 heavy (non-hydrogen) atoms. The Morgan fingerprint density at radius 1 is 1.27 bits per heavy atom. The van der Waals surface area contributed by atoms with Crippen molar-refractivity contribution in [1.29, 1.82) is 0 Å². The number of benzene rings is 1. The molecule has 1 aliphatic rings. The Balaban J connectivity index is 1.64. The first-order valence-corrected chi connectivity index (χ1v) is 8.63. The molecule has 2 heterocycles. The smallest absolute Gasteiger partial charge is 0.346 e. The number of nitrogens with zero attached hydrogens (tertiary/aromatic N) is 3. The highest BCUT2D eigenvalue weighted by atomic mass is 16.2. The van der Waals surface area contributed by atoms with E-state index in [-0.39, 0.29) is 24.8 Å². The lowest BCUT2D eigenvalue weighted by molar-refractivity contribution is -0.137. The van der Waals surface area contributed by atoms with Crippen molar-refractivity contribution in [2.75, 3.05) is 11.4 Å². The van der Waals surface area contributed by atoms with Crippen molar-refractivity contribution in [3.63, 3.8) is 0 Å². The Bertz CT molecular complexity index is 919. The summed E-state index contributed by atoms with van der Waals surface area (Å²) in [5, 5.41) is 2.61. The van der Waals surface area contributed by atoms with Gasteiger partial charge in [0.05, 0.1) is 0 Å². The van der Waals surface area contributed by atoms with Gasteiger partial charge in [0, 0.05) is 36.2 Å². The molecule has 3 rings (SSSR count). The van der Waals surface area contributed by atoms with Gasteiger partial charge in [0.2, 0.25) is 0 Å². The van der Waals surface area contributed by atoms with Crippen LogP contribution >= 0.6 is 0 Å². The zero-order valence-electron chi connectivity index (χ0n) is 15.2. The maximum atomic E-state index is 12.6. The topological polar surface area (TPSA) is 84.3 Å². The first kappa shape index (κ1) is 17.8. The van der Waals surface area contributed by atoms with Gasteiger partial charge in [0.1, 0.15) is 0 Å². The summed E-state index contributed by atoms with van der Waals surface area (Å²) in [6, 6.07) is 9.35. The molecule has 2 aromatic rings. The first-order chi connectivity index (χ1) is 12.4. The molecule has 0 aliphatic carbocycles. The normalized spacial score (nSPS) is 15.7. The van der Waals surface area contributed by atoms with Gasteiger partial charge >= 0.3 is 17.5 Å². The van der Waals surface area contributed by atoms with Crippen LogP contribution in [0.25, 0.3) is 0 Å². The van der Waals surface area contributed by atoms with E-state index in [1.54, 1.807) is 13.0 Å². The molecule has 7 heteroatoms. The molecular weight excluding hydrogens is 332 g/mol. The van der Waals surface area contributed by atoms with Gasteiger partial charge in [-0.25, -0.2) is 4.79 Å². The molecule has 1 aliphatic heterocycles. The summed E-state index contributed by atoms with van der Waals surface area (Å²) < 4.78 is 1.48. The van der Waals surface area contributed by atoms with Gasteiger partial charge in [-0.2, -0.15) is 4.98 Å². The van der Waals surface area contributed by atoms with Crippen LogP contribution in [0.5, 0.6) is 0 Å². The number of aryl methyl sites for hydroxylation is 2. The molecular formula is C19H22N4O3. The van der Waals surface area contributed by atoms with Crippen molar-refractivity contribution in [3.8, 4) is 0 Å². The van der Waals surface area contributed by atoms with Crippen LogP contribution in [-0.2, 0) is 22.6 Å². The van der Waals surface area contributed by atoms with E-state index >= 15 is 0 Å². The summed E-state index contributed by atoms with van der Waals surface area (Å²) in [6.45, 7) is 5.94. The average Bonchev–Trinajstić information content (AvgIpc) is 2.92. The van der Waals surface area contributed by atoms with Gasteiger partial charge in [-0.05, 0) is 44.9 Å². The van der Waals surface area contributed by atoms with Gasteiger partial charge in [0.15, 0.2) is 0 Å². The van der Waals surface area contributed by atoms with E-state index in [9.17, 15) is 14.4 Å². The van der Waals surface area contributed by atoms with Crippen molar-refractivity contribution >= 4 is 17.5 Å². The Labute approximate surface area is 151 Å². The van der Waals surface area contributed by atoms with Crippen LogP contribution in [0.3, 0.4) is 0 Å². The molecule has 0 radical (unpaired) electrons. The Morgan fingerprint density at radius 2 is 2.00 bits per heavy atom. The Hall–Kier alpha value is -2.96. The average molecular weight is 354 g/mol. The zero-order chi connectivity index (χ0) is 18.8. The molecule has 0 saturated carbocycles. The predicted octanol–water partition coefficient (Wildman–Crippen LogP) is 0.954. The Morgan fingerprint density at radius 3 is 2.73 bits per heavy atom. The highest BCUT2D eigenvalue weighted by Gasteiger charge is 2.33. The van der Waals surface area contributed by atoms with Crippen LogP contribution in [0.15, 0.2) is 35.1 Å². The molecule has 0 fully saturated rings. The summed E-state index contributed by atoms with van der Waals surface area (Å²) in [4.78, 5) is 42.2. The van der Waals surface area contributed by atoms with Crippen molar-refractivity contribution < 1.29 is 9.59 Å². The van der Waals surface area contributed by atoms with E-state index in [1.807, 2.05) is 38.1 Å². The molecule has 0 saturated heterocycles. The minimum Gasteiger partial charge on any atom is -0.346 e. The summed E-state index contributed by atoms with van der Waals surface area (Å²) >= 11 is 0. The van der Waals surface area contributed by atoms with Crippen LogP contribution in [0.1, 0.15) is 23.9 Å². The minimum atomic E-state index is -0.667. The summed E-state index contributed by atoms with van der Waals surface area (Å²) in [6.07, 6.45) is 0.735. The fourth-order valence-corrected chi connectivity index (χ4v) is 3.39. The number of fused-ring (bicyclic) bond motifs is 1. The number of rotatable bonds is 3. The van der Waals surface area contributed by atoms with Crippen LogP contribution in [0, 0.1) is 13.8 Å². The first-order valence-electron chi connectivity index (χ1n) is 8.63. The van der Waals surface area contributed by atoms with Crippen LogP contribution < -0.4 is 15.9 Å². The van der Waals surface area contributed by atoms with E-state index < -0.39 is 11.8 Å². The lowest BCUT2D eigenvalue weighted by Gasteiger charge is -2.22. The molecule has 0 unspecified atom stereocenters. The number of anilines is 1. The predicted molar refractivity (Wildman–Crippen MR) is 98.1 cm³/mol. The molecule has 7 nitrogen and oxygen atoms in total. The fraction of sp³-hybridized carbons (Fsp3) is 0.368. The third kappa shape index (κ3) is 3.37. The van der Waals surface area contributed by atoms with E-state index in [0.717, 1.165) is 23.4 Å². The van der Waals surface area contributed by atoms with E-state index in [0.29, 0.717) is 5.69 Å². The molecule has 0 spiro atoms. The number of nitrogens with one attached hydrogen (secondary N) is 1. The van der Waals surface area contributed by atoms with Crippen molar-refractivity contribution in [3.05, 3.63) is 57.8 Å². The van der Waals surface area contributed by atoms with Crippen LogP contribution in [0.4, 0.5) is 5.69 Å². The van der Waals surface area contributed by atoms with Crippen LogP contribution in [0.2, 0.25) is 0 Å². The second-order valence-corrected chi connectivity index (χ2v) is 6.59. The lowest BCUT2D eigenvalue weighted by Crippen LogP contribution is -2.46. The fourth-order valence-electron chi connectivity index (χ4n) is 3.39. The number of hydrogen-bond donors (Lipinski definition) is 1. The summed E-state index contributed by atoms with van der Waals surface area (Å²) in [7, 11) is 0. The van der Waals surface area contributed by atoms with Crippen molar-refractivity contribution in [2.45, 2.75) is 39.8 Å². The summed E-state index contributed by atoms with van der Waals surface area (Å²) in [5.74, 6) is -1.24. The third-order valence-corrected chi connectivity index (χ3v) is 4.59. The van der Waals surface area contributed by atoms with Crippen LogP contribution in [-0.4, -0.2) is 34.0 Å². The number of aromatic nitrogens is 2. The second kappa shape index (κ2) is 7.11. The minimum absolute atomic E-state index is 0.0585. The largest absolute Gasteiger partial charge is 0.348 e. The second-order valence-electron chi connectivity index (χ2n) is 6.59. The van der Waals surface area contributed by atoms with Crippen molar-refractivity contribution in [2.24, 2.45) is 0 Å².